The zero-order chi connectivity index (χ0) is 14.5. The number of rotatable bonds is 4. The predicted molar refractivity (Wildman–Crippen MR) is 73.3 cm³/mol. The molecular weight excluding hydrogens is 260 g/mol. The van der Waals surface area contributed by atoms with Crippen molar-refractivity contribution >= 4 is 11.9 Å². The number of morpholine rings is 1. The third-order valence-electron chi connectivity index (χ3n) is 3.30. The van der Waals surface area contributed by atoms with Gasteiger partial charge in [-0.2, -0.15) is 0 Å². The van der Waals surface area contributed by atoms with Crippen molar-refractivity contribution in [3.63, 3.8) is 0 Å². The maximum Gasteiger partial charge on any atom is 0.242 e. The maximum atomic E-state index is 12.3. The first kappa shape index (κ1) is 14.7. The quantitative estimate of drug-likeness (QED) is 0.802. The number of ether oxygens (including phenoxy) is 1. The van der Waals surface area contributed by atoms with Crippen molar-refractivity contribution in [2.24, 2.45) is 0 Å². The van der Waals surface area contributed by atoms with Crippen molar-refractivity contribution < 1.29 is 14.6 Å². The molecule has 7 nitrogen and oxygen atoms in total. The molecule has 0 spiro atoms. The Labute approximate surface area is 118 Å². The van der Waals surface area contributed by atoms with Crippen LogP contribution < -0.4 is 4.90 Å². The highest BCUT2D eigenvalue weighted by molar-refractivity contribution is 5.81. The number of carbonyl (C=O) groups excluding carboxylic acids is 1. The van der Waals surface area contributed by atoms with Crippen LogP contribution in [0.2, 0.25) is 0 Å². The topological polar surface area (TPSA) is 78.8 Å². The summed E-state index contributed by atoms with van der Waals surface area (Å²) in [5.41, 5.74) is 0. The van der Waals surface area contributed by atoms with Crippen molar-refractivity contribution in [3.05, 3.63) is 18.5 Å². The van der Waals surface area contributed by atoms with Crippen molar-refractivity contribution in [1.29, 1.82) is 0 Å². The largest absolute Gasteiger partial charge is 0.394 e. The summed E-state index contributed by atoms with van der Waals surface area (Å²) < 4.78 is 5.43. The summed E-state index contributed by atoms with van der Waals surface area (Å²) in [5.74, 6) is 0.495. The molecule has 1 amide bonds. The molecule has 1 aromatic rings. The second kappa shape index (κ2) is 6.62. The highest BCUT2D eigenvalue weighted by atomic mass is 16.5. The molecular formula is C13H20N4O3. The first-order valence-corrected chi connectivity index (χ1v) is 6.62. The lowest BCUT2D eigenvalue weighted by atomic mass is 10.2. The standard InChI is InChI=1S/C13H20N4O3/c1-10-9-20-11(8-18)6-17(10)12(19)7-16(2)13-14-4-3-5-15-13/h3-5,10-11,18H,6-9H2,1-2H3. The molecule has 1 fully saturated rings. The minimum atomic E-state index is -0.298. The van der Waals surface area contributed by atoms with E-state index >= 15 is 0 Å². The first-order chi connectivity index (χ1) is 9.61. The summed E-state index contributed by atoms with van der Waals surface area (Å²) in [5, 5.41) is 9.14. The fourth-order valence-corrected chi connectivity index (χ4v) is 2.13. The molecule has 1 N–H and O–H groups in total. The van der Waals surface area contributed by atoms with Crippen LogP contribution in [-0.4, -0.2) is 71.4 Å². The fourth-order valence-electron chi connectivity index (χ4n) is 2.13. The summed E-state index contributed by atoms with van der Waals surface area (Å²) in [4.78, 5) is 24.0. The minimum Gasteiger partial charge on any atom is -0.394 e. The van der Waals surface area contributed by atoms with Crippen LogP contribution in [0.1, 0.15) is 6.92 Å². The molecule has 2 rings (SSSR count). The number of aliphatic hydroxyl groups excluding tert-OH is 1. The van der Waals surface area contributed by atoms with Crippen molar-refractivity contribution in [1.82, 2.24) is 14.9 Å². The molecule has 1 saturated heterocycles. The van der Waals surface area contributed by atoms with E-state index in [9.17, 15) is 4.79 Å². The third-order valence-corrected chi connectivity index (χ3v) is 3.30. The van der Waals surface area contributed by atoms with Gasteiger partial charge in [0.25, 0.3) is 0 Å². The second-order valence-electron chi connectivity index (χ2n) is 4.94. The molecule has 2 atom stereocenters. The molecule has 110 valence electrons. The molecule has 0 aliphatic carbocycles. The molecule has 2 unspecified atom stereocenters. The third kappa shape index (κ3) is 3.43. The predicted octanol–water partition coefficient (Wildman–Crippen LogP) is -0.479. The minimum absolute atomic E-state index is 0.00962. The van der Waals surface area contributed by atoms with Crippen LogP contribution in [-0.2, 0) is 9.53 Å². The number of nitrogens with zero attached hydrogens (tertiary/aromatic N) is 4. The lowest BCUT2D eigenvalue weighted by molar-refractivity contribution is -0.144. The van der Waals surface area contributed by atoms with Crippen LogP contribution in [0.3, 0.4) is 0 Å². The van der Waals surface area contributed by atoms with Crippen LogP contribution in [0.15, 0.2) is 18.5 Å². The Morgan fingerprint density at radius 2 is 2.25 bits per heavy atom. The number of hydrogen-bond acceptors (Lipinski definition) is 6. The van der Waals surface area contributed by atoms with E-state index in [4.69, 9.17) is 9.84 Å². The zero-order valence-electron chi connectivity index (χ0n) is 11.8. The average molecular weight is 280 g/mol. The second-order valence-corrected chi connectivity index (χ2v) is 4.94. The van der Waals surface area contributed by atoms with Gasteiger partial charge in [0.05, 0.1) is 31.9 Å². The molecule has 7 heteroatoms. The normalized spacial score (nSPS) is 22.6. The Bertz CT molecular complexity index is 443. The summed E-state index contributed by atoms with van der Waals surface area (Å²) in [6.45, 7) is 2.92. The highest BCUT2D eigenvalue weighted by Crippen LogP contribution is 2.13. The average Bonchev–Trinajstić information content (AvgIpc) is 2.48. The van der Waals surface area contributed by atoms with E-state index in [1.807, 2.05) is 6.92 Å². The zero-order valence-corrected chi connectivity index (χ0v) is 11.8. The summed E-state index contributed by atoms with van der Waals surface area (Å²) in [7, 11) is 1.78. The Balaban J connectivity index is 1.96. The summed E-state index contributed by atoms with van der Waals surface area (Å²) in [6.07, 6.45) is 2.98. The van der Waals surface area contributed by atoms with E-state index in [-0.39, 0.29) is 31.2 Å². The number of amides is 1. The smallest absolute Gasteiger partial charge is 0.242 e. The number of anilines is 1. The molecule has 1 aliphatic rings. The lowest BCUT2D eigenvalue weighted by Crippen LogP contribution is -2.54. The van der Waals surface area contributed by atoms with Crippen molar-refractivity contribution in [2.75, 3.05) is 38.3 Å². The number of likely N-dealkylation sites (N-methyl/N-ethyl adjacent to an activating group) is 1. The van der Waals surface area contributed by atoms with Gasteiger partial charge in [-0.1, -0.05) is 0 Å². The number of aliphatic hydroxyl groups is 1. The van der Waals surface area contributed by atoms with Gasteiger partial charge < -0.3 is 19.6 Å². The molecule has 2 heterocycles. The van der Waals surface area contributed by atoms with Gasteiger partial charge in [-0.25, -0.2) is 9.97 Å². The Morgan fingerprint density at radius 3 is 2.90 bits per heavy atom. The Kier molecular flexibility index (Phi) is 4.86. The summed E-state index contributed by atoms with van der Waals surface area (Å²) in [6, 6.07) is 1.74. The summed E-state index contributed by atoms with van der Waals surface area (Å²) >= 11 is 0. The van der Waals surface area contributed by atoms with E-state index in [0.29, 0.717) is 19.1 Å². The van der Waals surface area contributed by atoms with Crippen LogP contribution in [0.5, 0.6) is 0 Å². The fraction of sp³-hybridized carbons (Fsp3) is 0.615. The molecule has 1 aliphatic heterocycles. The van der Waals surface area contributed by atoms with Gasteiger partial charge in [0.2, 0.25) is 11.9 Å². The number of aromatic nitrogens is 2. The van der Waals surface area contributed by atoms with E-state index in [0.717, 1.165) is 0 Å². The highest BCUT2D eigenvalue weighted by Gasteiger charge is 2.29. The SMILES string of the molecule is CC1COC(CO)CN1C(=O)CN(C)c1ncccn1. The molecule has 0 bridgehead atoms. The van der Waals surface area contributed by atoms with E-state index < -0.39 is 0 Å². The van der Waals surface area contributed by atoms with Crippen LogP contribution in [0, 0.1) is 0 Å². The molecule has 0 saturated carbocycles. The lowest BCUT2D eigenvalue weighted by Gasteiger charge is -2.38. The monoisotopic (exact) mass is 280 g/mol. The van der Waals surface area contributed by atoms with Crippen LogP contribution >= 0.6 is 0 Å². The van der Waals surface area contributed by atoms with Gasteiger partial charge >= 0.3 is 0 Å². The number of carbonyl (C=O) groups is 1. The van der Waals surface area contributed by atoms with Gasteiger partial charge in [-0.3, -0.25) is 4.79 Å². The Hall–Kier alpha value is -1.73. The number of hydrogen-bond donors (Lipinski definition) is 1. The first-order valence-electron chi connectivity index (χ1n) is 6.62. The van der Waals surface area contributed by atoms with Crippen LogP contribution in [0.25, 0.3) is 0 Å². The molecule has 0 aromatic carbocycles. The molecule has 20 heavy (non-hydrogen) atoms. The van der Waals surface area contributed by atoms with Gasteiger partial charge in [-0.05, 0) is 13.0 Å². The van der Waals surface area contributed by atoms with Crippen molar-refractivity contribution in [3.8, 4) is 0 Å². The molecule has 1 aromatic heterocycles. The van der Waals surface area contributed by atoms with Crippen molar-refractivity contribution in [2.45, 2.75) is 19.1 Å². The molecule has 0 radical (unpaired) electrons. The van der Waals surface area contributed by atoms with Gasteiger partial charge in [-0.15, -0.1) is 0 Å². The van der Waals surface area contributed by atoms with Gasteiger partial charge in [0, 0.05) is 26.0 Å². The Morgan fingerprint density at radius 1 is 1.55 bits per heavy atom. The van der Waals surface area contributed by atoms with E-state index in [2.05, 4.69) is 9.97 Å². The maximum absolute atomic E-state index is 12.3. The van der Waals surface area contributed by atoms with Crippen LogP contribution in [0.4, 0.5) is 5.95 Å². The van der Waals surface area contributed by atoms with Gasteiger partial charge in [0.1, 0.15) is 0 Å². The van der Waals surface area contributed by atoms with E-state index in [1.54, 1.807) is 35.3 Å². The van der Waals surface area contributed by atoms with E-state index in [1.165, 1.54) is 0 Å². The van der Waals surface area contributed by atoms with Gasteiger partial charge in [0.15, 0.2) is 0 Å².